The first-order chi connectivity index (χ1) is 7.99. The molecule has 0 heterocycles. The molecule has 0 atom stereocenters. The van der Waals surface area contributed by atoms with Gasteiger partial charge in [-0.2, -0.15) is 0 Å². The molecular weight excluding hydrogens is 244 g/mol. The lowest BCUT2D eigenvalue weighted by molar-refractivity contribution is -0.387. The number of nitro benzene ring substituents is 1. The van der Waals surface area contributed by atoms with E-state index < -0.39 is 20.6 Å². The number of nitrogens with one attached hydrogen (secondary N) is 1. The molecule has 17 heavy (non-hydrogen) atoms. The van der Waals surface area contributed by atoms with E-state index in [1.165, 1.54) is 18.2 Å². The molecule has 0 unspecified atom stereocenters. The van der Waals surface area contributed by atoms with Crippen LogP contribution in [0.1, 0.15) is 6.42 Å². The SMILES string of the molecule is C=CCCNS(=O)(=O)c1ccccc1[N+](=O)[O-]. The van der Waals surface area contributed by atoms with E-state index in [0.29, 0.717) is 6.42 Å². The van der Waals surface area contributed by atoms with Gasteiger partial charge in [0, 0.05) is 12.6 Å². The Morgan fingerprint density at radius 1 is 1.41 bits per heavy atom. The predicted octanol–water partition coefficient (Wildman–Crippen LogP) is 1.45. The molecule has 6 nitrogen and oxygen atoms in total. The molecule has 0 aliphatic heterocycles. The minimum Gasteiger partial charge on any atom is -0.258 e. The van der Waals surface area contributed by atoms with E-state index in [-0.39, 0.29) is 11.4 Å². The van der Waals surface area contributed by atoms with Crippen LogP contribution < -0.4 is 4.72 Å². The number of rotatable bonds is 6. The van der Waals surface area contributed by atoms with E-state index in [2.05, 4.69) is 11.3 Å². The predicted molar refractivity (Wildman–Crippen MR) is 63.1 cm³/mol. The lowest BCUT2D eigenvalue weighted by Gasteiger charge is -2.05. The molecule has 0 spiro atoms. The first kappa shape index (κ1) is 13.3. The van der Waals surface area contributed by atoms with E-state index in [4.69, 9.17) is 0 Å². The van der Waals surface area contributed by atoms with Crippen molar-refractivity contribution >= 4 is 15.7 Å². The molecule has 1 N–H and O–H groups in total. The average Bonchev–Trinajstić information content (AvgIpc) is 2.29. The summed E-state index contributed by atoms with van der Waals surface area (Å²) in [6, 6.07) is 5.21. The van der Waals surface area contributed by atoms with Gasteiger partial charge in [0.15, 0.2) is 4.90 Å². The molecular formula is C10H12N2O4S. The van der Waals surface area contributed by atoms with Gasteiger partial charge in [0.2, 0.25) is 10.0 Å². The number of benzene rings is 1. The minimum absolute atomic E-state index is 0.165. The lowest BCUT2D eigenvalue weighted by Crippen LogP contribution is -2.25. The second-order valence-corrected chi connectivity index (χ2v) is 4.94. The van der Waals surface area contributed by atoms with Crippen LogP contribution >= 0.6 is 0 Å². The van der Waals surface area contributed by atoms with Crippen molar-refractivity contribution in [1.82, 2.24) is 4.72 Å². The highest BCUT2D eigenvalue weighted by Crippen LogP contribution is 2.22. The Bertz CT molecular complexity index is 525. The van der Waals surface area contributed by atoms with Crippen LogP contribution in [0.2, 0.25) is 0 Å². The first-order valence-corrected chi connectivity index (χ1v) is 6.31. The zero-order chi connectivity index (χ0) is 12.9. The van der Waals surface area contributed by atoms with Crippen LogP contribution in [0.15, 0.2) is 41.8 Å². The number of hydrogen-bond acceptors (Lipinski definition) is 4. The maximum Gasteiger partial charge on any atom is 0.289 e. The number of hydrogen-bond donors (Lipinski definition) is 1. The Morgan fingerprint density at radius 2 is 2.06 bits per heavy atom. The molecule has 0 fully saturated rings. The summed E-state index contributed by atoms with van der Waals surface area (Å²) in [6.07, 6.45) is 2.02. The molecule has 0 saturated heterocycles. The molecule has 1 rings (SSSR count). The molecule has 0 radical (unpaired) electrons. The zero-order valence-corrected chi connectivity index (χ0v) is 9.81. The standard InChI is InChI=1S/C10H12N2O4S/c1-2-3-8-11-17(15,16)10-7-5-4-6-9(10)12(13)14/h2,4-7,11H,1,3,8H2. The van der Waals surface area contributed by atoms with E-state index in [0.717, 1.165) is 6.07 Å². The average molecular weight is 256 g/mol. The Balaban J connectivity index is 3.06. The van der Waals surface area contributed by atoms with Gasteiger partial charge in [0.1, 0.15) is 0 Å². The molecule has 1 aromatic carbocycles. The Labute approximate surface area is 99.2 Å². The van der Waals surface area contributed by atoms with Crippen molar-refractivity contribution in [3.8, 4) is 0 Å². The third-order valence-electron chi connectivity index (χ3n) is 1.99. The number of nitro groups is 1. The third kappa shape index (κ3) is 3.36. The molecule has 0 aliphatic rings. The van der Waals surface area contributed by atoms with Crippen molar-refractivity contribution in [2.45, 2.75) is 11.3 Å². The third-order valence-corrected chi connectivity index (χ3v) is 3.50. The van der Waals surface area contributed by atoms with Crippen LogP contribution in [-0.4, -0.2) is 19.9 Å². The first-order valence-electron chi connectivity index (χ1n) is 4.83. The van der Waals surface area contributed by atoms with Crippen LogP contribution in [0.3, 0.4) is 0 Å². The van der Waals surface area contributed by atoms with Crippen LogP contribution in [0, 0.1) is 10.1 Å². The van der Waals surface area contributed by atoms with Crippen LogP contribution in [0.5, 0.6) is 0 Å². The summed E-state index contributed by atoms with van der Waals surface area (Å²) < 4.78 is 25.8. The maximum absolute atomic E-state index is 11.8. The lowest BCUT2D eigenvalue weighted by atomic mass is 10.3. The summed E-state index contributed by atoms with van der Waals surface area (Å²) in [7, 11) is -3.85. The van der Waals surface area contributed by atoms with Crippen molar-refractivity contribution < 1.29 is 13.3 Å². The molecule has 1 aromatic rings. The van der Waals surface area contributed by atoms with Gasteiger partial charge < -0.3 is 0 Å². The Morgan fingerprint density at radius 3 is 2.65 bits per heavy atom. The summed E-state index contributed by atoms with van der Waals surface area (Å²) in [4.78, 5) is 9.65. The number of para-hydroxylation sites is 1. The molecule has 0 amide bonds. The van der Waals surface area contributed by atoms with Crippen molar-refractivity contribution in [3.05, 3.63) is 47.0 Å². The highest BCUT2D eigenvalue weighted by molar-refractivity contribution is 7.89. The van der Waals surface area contributed by atoms with Crippen LogP contribution in [0.25, 0.3) is 0 Å². The molecule has 7 heteroatoms. The van der Waals surface area contributed by atoms with Gasteiger partial charge in [-0.1, -0.05) is 18.2 Å². The summed E-state index contributed by atoms with van der Waals surface area (Å²) in [5, 5.41) is 10.7. The quantitative estimate of drug-likeness (QED) is 0.361. The second-order valence-electron chi connectivity index (χ2n) is 3.20. The van der Waals surface area contributed by atoms with E-state index in [1.807, 2.05) is 0 Å². The summed E-state index contributed by atoms with van der Waals surface area (Å²) in [5.74, 6) is 0. The zero-order valence-electron chi connectivity index (χ0n) is 9.00. The smallest absolute Gasteiger partial charge is 0.258 e. The topological polar surface area (TPSA) is 89.3 Å². The molecule has 0 aromatic heterocycles. The summed E-state index contributed by atoms with van der Waals surface area (Å²) >= 11 is 0. The monoisotopic (exact) mass is 256 g/mol. The molecule has 0 saturated carbocycles. The van der Waals surface area contributed by atoms with Gasteiger partial charge in [-0.15, -0.1) is 6.58 Å². The van der Waals surface area contributed by atoms with Crippen LogP contribution in [0.4, 0.5) is 5.69 Å². The van der Waals surface area contributed by atoms with Crippen molar-refractivity contribution in [2.75, 3.05) is 6.54 Å². The maximum atomic E-state index is 11.8. The highest BCUT2D eigenvalue weighted by Gasteiger charge is 2.24. The summed E-state index contributed by atoms with van der Waals surface area (Å²) in [5.41, 5.74) is -0.432. The van der Waals surface area contributed by atoms with Gasteiger partial charge in [-0.3, -0.25) is 10.1 Å². The summed E-state index contributed by atoms with van der Waals surface area (Å²) in [6.45, 7) is 3.62. The number of sulfonamides is 1. The normalized spacial score (nSPS) is 11.1. The fraction of sp³-hybridized carbons (Fsp3) is 0.200. The van der Waals surface area contributed by atoms with Gasteiger partial charge >= 0.3 is 0 Å². The van der Waals surface area contributed by atoms with Crippen LogP contribution in [-0.2, 0) is 10.0 Å². The van der Waals surface area contributed by atoms with Gasteiger partial charge in [0.05, 0.1) is 4.92 Å². The van der Waals surface area contributed by atoms with E-state index >= 15 is 0 Å². The minimum atomic E-state index is -3.85. The molecule has 0 aliphatic carbocycles. The van der Waals surface area contributed by atoms with E-state index in [1.54, 1.807) is 6.08 Å². The molecule has 0 bridgehead atoms. The largest absolute Gasteiger partial charge is 0.289 e. The Kier molecular flexibility index (Phi) is 4.36. The fourth-order valence-corrected chi connectivity index (χ4v) is 2.43. The van der Waals surface area contributed by atoms with E-state index in [9.17, 15) is 18.5 Å². The Hall–Kier alpha value is -1.73. The van der Waals surface area contributed by atoms with Crippen molar-refractivity contribution in [1.29, 1.82) is 0 Å². The fourth-order valence-electron chi connectivity index (χ4n) is 1.21. The highest BCUT2D eigenvalue weighted by atomic mass is 32.2. The van der Waals surface area contributed by atoms with Gasteiger partial charge in [0.25, 0.3) is 5.69 Å². The second kappa shape index (κ2) is 5.55. The van der Waals surface area contributed by atoms with Gasteiger partial charge in [-0.05, 0) is 12.5 Å². The van der Waals surface area contributed by atoms with Crippen molar-refractivity contribution in [2.24, 2.45) is 0 Å². The number of nitrogens with zero attached hydrogens (tertiary/aromatic N) is 1. The van der Waals surface area contributed by atoms with Crippen molar-refractivity contribution in [3.63, 3.8) is 0 Å². The molecule has 92 valence electrons. The van der Waals surface area contributed by atoms with Gasteiger partial charge in [-0.25, -0.2) is 13.1 Å².